The van der Waals surface area contributed by atoms with Gasteiger partial charge in [0.15, 0.2) is 0 Å². The summed E-state index contributed by atoms with van der Waals surface area (Å²) in [7, 11) is 0. The maximum absolute atomic E-state index is 12.0. The highest BCUT2D eigenvalue weighted by atomic mass is 32.1. The summed E-state index contributed by atoms with van der Waals surface area (Å²) in [5.74, 6) is 0.702. The monoisotopic (exact) mass is 307 g/mol. The van der Waals surface area contributed by atoms with Crippen LogP contribution in [0.5, 0.6) is 0 Å². The van der Waals surface area contributed by atoms with Gasteiger partial charge >= 0.3 is 0 Å². The lowest BCUT2D eigenvalue weighted by Gasteiger charge is -2.05. The zero-order valence-electron chi connectivity index (χ0n) is 11.7. The lowest BCUT2D eigenvalue weighted by atomic mass is 10.1. The topological polar surface area (TPSA) is 50.7 Å². The summed E-state index contributed by atoms with van der Waals surface area (Å²) in [4.78, 5) is 20.1. The highest BCUT2D eigenvalue weighted by Crippen LogP contribution is 2.16. The van der Waals surface area contributed by atoms with Crippen molar-refractivity contribution in [2.24, 2.45) is 0 Å². The lowest BCUT2D eigenvalue weighted by Crippen LogP contribution is -2.10. The Balaban J connectivity index is 1.63. The molecule has 4 aromatic rings. The van der Waals surface area contributed by atoms with E-state index >= 15 is 0 Å². The van der Waals surface area contributed by atoms with E-state index in [1.54, 1.807) is 0 Å². The van der Waals surface area contributed by atoms with Gasteiger partial charge in [-0.15, -0.1) is 11.3 Å². The van der Waals surface area contributed by atoms with E-state index in [1.807, 2.05) is 36.0 Å². The van der Waals surface area contributed by atoms with Gasteiger partial charge in [-0.3, -0.25) is 4.79 Å². The van der Waals surface area contributed by atoms with Crippen LogP contribution in [0.15, 0.2) is 65.0 Å². The standard InChI is InChI=1S/C17H13N3OS/c21-16-14-7-10-22-17(14)19-15(18-16)11-12-3-5-13(6-4-12)20-8-1-2-9-20/h1-10H,11H2,(H,18,19,21). The maximum Gasteiger partial charge on any atom is 0.259 e. The number of aromatic amines is 1. The van der Waals surface area contributed by atoms with Crippen molar-refractivity contribution in [3.05, 3.63) is 82.0 Å². The molecule has 4 rings (SSSR count). The molecule has 5 heteroatoms. The van der Waals surface area contributed by atoms with Gasteiger partial charge in [0.05, 0.1) is 5.39 Å². The zero-order chi connectivity index (χ0) is 14.9. The molecule has 4 nitrogen and oxygen atoms in total. The summed E-state index contributed by atoms with van der Waals surface area (Å²) in [6.45, 7) is 0. The Morgan fingerprint density at radius 1 is 1.09 bits per heavy atom. The Morgan fingerprint density at radius 3 is 2.64 bits per heavy atom. The molecule has 1 aromatic carbocycles. The van der Waals surface area contributed by atoms with Crippen molar-refractivity contribution in [3.63, 3.8) is 0 Å². The van der Waals surface area contributed by atoms with E-state index in [-0.39, 0.29) is 5.56 Å². The van der Waals surface area contributed by atoms with Crippen LogP contribution in [-0.4, -0.2) is 14.5 Å². The number of rotatable bonds is 3. The Hall–Kier alpha value is -2.66. The number of nitrogens with zero attached hydrogens (tertiary/aromatic N) is 2. The minimum Gasteiger partial charge on any atom is -0.324 e. The van der Waals surface area contributed by atoms with Gasteiger partial charge < -0.3 is 9.55 Å². The molecular formula is C17H13N3OS. The third-order valence-corrected chi connectivity index (χ3v) is 4.40. The first-order valence-corrected chi connectivity index (χ1v) is 7.86. The minimum atomic E-state index is -0.0646. The molecule has 1 N–H and O–H groups in total. The van der Waals surface area contributed by atoms with E-state index < -0.39 is 0 Å². The van der Waals surface area contributed by atoms with Crippen molar-refractivity contribution in [1.29, 1.82) is 0 Å². The van der Waals surface area contributed by atoms with Crippen LogP contribution in [0, 0.1) is 0 Å². The van der Waals surface area contributed by atoms with Crippen LogP contribution in [0.25, 0.3) is 15.9 Å². The fourth-order valence-corrected chi connectivity index (χ4v) is 3.26. The van der Waals surface area contributed by atoms with E-state index in [2.05, 4.69) is 38.8 Å². The molecule has 0 aliphatic rings. The Bertz CT molecular complexity index is 965. The van der Waals surface area contributed by atoms with Gasteiger partial charge in [-0.2, -0.15) is 0 Å². The normalized spacial score (nSPS) is 11.1. The lowest BCUT2D eigenvalue weighted by molar-refractivity contribution is 0.974. The average Bonchev–Trinajstić information content (AvgIpc) is 3.19. The van der Waals surface area contributed by atoms with Crippen molar-refractivity contribution >= 4 is 21.6 Å². The number of aromatic nitrogens is 3. The fourth-order valence-electron chi connectivity index (χ4n) is 2.48. The molecule has 0 radical (unpaired) electrons. The number of hydrogen-bond donors (Lipinski definition) is 1. The minimum absolute atomic E-state index is 0.0646. The van der Waals surface area contributed by atoms with Crippen LogP contribution < -0.4 is 5.56 Å². The Labute approximate surface area is 130 Å². The Kier molecular flexibility index (Phi) is 3.12. The van der Waals surface area contributed by atoms with Crippen molar-refractivity contribution in [2.75, 3.05) is 0 Å². The molecule has 0 aliphatic carbocycles. The first kappa shape index (κ1) is 13.0. The summed E-state index contributed by atoms with van der Waals surface area (Å²) >= 11 is 1.49. The number of H-pyrrole nitrogens is 1. The molecule has 0 amide bonds. The van der Waals surface area contributed by atoms with E-state index in [0.29, 0.717) is 17.6 Å². The molecule has 0 atom stereocenters. The van der Waals surface area contributed by atoms with Crippen LogP contribution in [0.1, 0.15) is 11.4 Å². The number of hydrogen-bond acceptors (Lipinski definition) is 3. The predicted octanol–water partition coefficient (Wildman–Crippen LogP) is 3.37. The molecule has 22 heavy (non-hydrogen) atoms. The summed E-state index contributed by atoms with van der Waals surface area (Å²) in [5, 5.41) is 2.56. The smallest absolute Gasteiger partial charge is 0.259 e. The quantitative estimate of drug-likeness (QED) is 0.631. The van der Waals surface area contributed by atoms with Crippen LogP contribution in [0.4, 0.5) is 0 Å². The number of benzene rings is 1. The first-order valence-electron chi connectivity index (χ1n) is 6.98. The highest BCUT2D eigenvalue weighted by Gasteiger charge is 2.06. The van der Waals surface area contributed by atoms with E-state index in [9.17, 15) is 4.79 Å². The van der Waals surface area contributed by atoms with Crippen molar-refractivity contribution < 1.29 is 0 Å². The van der Waals surface area contributed by atoms with Gasteiger partial charge in [-0.1, -0.05) is 12.1 Å². The first-order chi connectivity index (χ1) is 10.8. The molecule has 0 aliphatic heterocycles. The second-order valence-corrected chi connectivity index (χ2v) is 5.98. The van der Waals surface area contributed by atoms with Crippen LogP contribution in [0.2, 0.25) is 0 Å². The molecule has 0 saturated heterocycles. The van der Waals surface area contributed by atoms with E-state index in [1.165, 1.54) is 11.3 Å². The van der Waals surface area contributed by atoms with Crippen molar-refractivity contribution in [1.82, 2.24) is 14.5 Å². The zero-order valence-corrected chi connectivity index (χ0v) is 12.5. The molecular weight excluding hydrogens is 294 g/mol. The van der Waals surface area contributed by atoms with Gasteiger partial charge in [0.25, 0.3) is 5.56 Å². The molecule has 3 heterocycles. The van der Waals surface area contributed by atoms with Crippen LogP contribution in [0.3, 0.4) is 0 Å². The summed E-state index contributed by atoms with van der Waals surface area (Å²) in [6.07, 6.45) is 4.65. The van der Waals surface area contributed by atoms with Gasteiger partial charge in [0.2, 0.25) is 0 Å². The molecule has 0 bridgehead atoms. The van der Waals surface area contributed by atoms with Gasteiger partial charge in [0, 0.05) is 24.5 Å². The van der Waals surface area contributed by atoms with E-state index in [4.69, 9.17) is 0 Å². The van der Waals surface area contributed by atoms with Crippen molar-refractivity contribution in [3.8, 4) is 5.69 Å². The molecule has 108 valence electrons. The van der Waals surface area contributed by atoms with Crippen LogP contribution >= 0.6 is 11.3 Å². The summed E-state index contributed by atoms with van der Waals surface area (Å²) in [5.41, 5.74) is 2.17. The van der Waals surface area contributed by atoms with Crippen molar-refractivity contribution in [2.45, 2.75) is 6.42 Å². The second-order valence-electron chi connectivity index (χ2n) is 5.09. The SMILES string of the molecule is O=c1[nH]c(Cc2ccc(-n3cccc3)cc2)nc2sccc12. The molecule has 0 spiro atoms. The Morgan fingerprint density at radius 2 is 1.86 bits per heavy atom. The molecule has 0 unspecified atom stereocenters. The highest BCUT2D eigenvalue weighted by molar-refractivity contribution is 7.16. The molecule has 3 aromatic heterocycles. The number of nitrogens with one attached hydrogen (secondary N) is 1. The van der Waals surface area contributed by atoms with Crippen LogP contribution in [-0.2, 0) is 6.42 Å². The van der Waals surface area contributed by atoms with Gasteiger partial charge in [-0.25, -0.2) is 4.98 Å². The molecule has 0 saturated carbocycles. The van der Waals surface area contributed by atoms with E-state index in [0.717, 1.165) is 16.1 Å². The summed E-state index contributed by atoms with van der Waals surface area (Å²) < 4.78 is 2.06. The maximum atomic E-state index is 12.0. The largest absolute Gasteiger partial charge is 0.324 e. The van der Waals surface area contributed by atoms with Gasteiger partial charge in [-0.05, 0) is 41.3 Å². The average molecular weight is 307 g/mol. The fraction of sp³-hybridized carbons (Fsp3) is 0.0588. The second kappa shape index (κ2) is 5.27. The number of fused-ring (bicyclic) bond motifs is 1. The molecule has 0 fully saturated rings. The summed E-state index contributed by atoms with van der Waals surface area (Å²) in [6, 6.07) is 14.1. The third kappa shape index (κ3) is 2.35. The van der Waals surface area contributed by atoms with Gasteiger partial charge in [0.1, 0.15) is 10.7 Å². The predicted molar refractivity (Wildman–Crippen MR) is 88.8 cm³/mol. The number of thiophene rings is 1. The third-order valence-electron chi connectivity index (χ3n) is 3.59.